The van der Waals surface area contributed by atoms with Gasteiger partial charge in [-0.15, -0.1) is 0 Å². The minimum absolute atomic E-state index is 0.907. The molecule has 13 rings (SSSR count). The van der Waals surface area contributed by atoms with Crippen LogP contribution in [0.3, 0.4) is 0 Å². The molecule has 3 aromatic heterocycles. The van der Waals surface area contributed by atoms with Crippen LogP contribution in [0.15, 0.2) is 186 Å². The van der Waals surface area contributed by atoms with E-state index in [2.05, 4.69) is 191 Å². The van der Waals surface area contributed by atoms with E-state index in [4.69, 9.17) is 4.42 Å². The number of hydrogen-bond donors (Lipinski definition) is 0. The first-order chi connectivity index (χ1) is 27.3. The lowest BCUT2D eigenvalue weighted by atomic mass is 10.0. The van der Waals surface area contributed by atoms with Crippen LogP contribution in [0.5, 0.6) is 0 Å². The number of rotatable bonds is 3. The molecule has 254 valence electrons. The van der Waals surface area contributed by atoms with Gasteiger partial charge in [-0.2, -0.15) is 0 Å². The fourth-order valence-electron chi connectivity index (χ4n) is 9.79. The van der Waals surface area contributed by atoms with Crippen LogP contribution in [0.25, 0.3) is 121 Å². The van der Waals surface area contributed by atoms with E-state index in [1.54, 1.807) is 0 Å². The van der Waals surface area contributed by atoms with E-state index in [1.807, 2.05) is 0 Å². The van der Waals surface area contributed by atoms with Crippen LogP contribution in [0.4, 0.5) is 0 Å². The van der Waals surface area contributed by atoms with Crippen molar-refractivity contribution in [2.75, 3.05) is 0 Å². The Morgan fingerprint density at radius 1 is 0.345 bits per heavy atom. The minimum atomic E-state index is 0.907. The van der Waals surface area contributed by atoms with Crippen LogP contribution < -0.4 is 0 Å². The highest BCUT2D eigenvalue weighted by Crippen LogP contribution is 2.51. The molecular formula is C52H30N2O. The summed E-state index contributed by atoms with van der Waals surface area (Å²) in [6.45, 7) is 0. The first kappa shape index (κ1) is 29.1. The molecular weight excluding hydrogens is 669 g/mol. The van der Waals surface area contributed by atoms with Gasteiger partial charge < -0.3 is 13.6 Å². The Hall–Kier alpha value is -7.36. The Kier molecular flexibility index (Phi) is 5.63. The zero-order chi connectivity index (χ0) is 35.8. The van der Waals surface area contributed by atoms with Crippen molar-refractivity contribution in [1.29, 1.82) is 0 Å². The van der Waals surface area contributed by atoms with Crippen LogP contribution in [0, 0.1) is 0 Å². The average molecular weight is 699 g/mol. The smallest absolute Gasteiger partial charge is 0.145 e. The van der Waals surface area contributed by atoms with Gasteiger partial charge in [0.15, 0.2) is 0 Å². The molecule has 0 spiro atoms. The van der Waals surface area contributed by atoms with E-state index in [0.29, 0.717) is 0 Å². The van der Waals surface area contributed by atoms with Crippen molar-refractivity contribution >= 4 is 76.3 Å². The van der Waals surface area contributed by atoms with Gasteiger partial charge in [-0.3, -0.25) is 0 Å². The van der Waals surface area contributed by atoms with Gasteiger partial charge in [0.05, 0.1) is 33.1 Å². The van der Waals surface area contributed by atoms with Gasteiger partial charge in [0.25, 0.3) is 0 Å². The van der Waals surface area contributed by atoms with Crippen molar-refractivity contribution < 1.29 is 4.42 Å². The second kappa shape index (κ2) is 10.6. The van der Waals surface area contributed by atoms with Gasteiger partial charge >= 0.3 is 0 Å². The SMILES string of the molecule is c1ccc(-c2cccc(-n3c4ccccc4c4c3ccc3c5c6oc7ccccc7c6ccc5n(-c5ccc6c7c(cccc57)-c5ccccc5-6)c34)c2)cc1. The highest BCUT2D eigenvalue weighted by Gasteiger charge is 2.27. The van der Waals surface area contributed by atoms with Gasteiger partial charge in [0.2, 0.25) is 0 Å². The Balaban J connectivity index is 1.21. The molecule has 0 amide bonds. The van der Waals surface area contributed by atoms with Gasteiger partial charge in [0.1, 0.15) is 11.2 Å². The van der Waals surface area contributed by atoms with E-state index in [9.17, 15) is 0 Å². The maximum absolute atomic E-state index is 6.81. The van der Waals surface area contributed by atoms with Crippen molar-refractivity contribution in [1.82, 2.24) is 9.13 Å². The Labute approximate surface area is 315 Å². The molecule has 0 unspecified atom stereocenters. The topological polar surface area (TPSA) is 23.0 Å². The lowest BCUT2D eigenvalue weighted by molar-refractivity contribution is 0.673. The predicted octanol–water partition coefficient (Wildman–Crippen LogP) is 14.2. The molecule has 3 heteroatoms. The number of furan rings is 1. The summed E-state index contributed by atoms with van der Waals surface area (Å²) in [5, 5.41) is 9.60. The van der Waals surface area contributed by atoms with E-state index in [0.717, 1.165) is 38.5 Å². The normalized spacial score (nSPS) is 12.4. The summed E-state index contributed by atoms with van der Waals surface area (Å²) in [6.07, 6.45) is 0. The summed E-state index contributed by atoms with van der Waals surface area (Å²) in [7, 11) is 0. The standard InChI is InChI=1S/C52H30N2O/c1-2-12-31(13-3-1)32-14-10-15-33(30-32)53-43-22-8-6-19-41(43)49-45(53)29-26-42-50-46(28-25-39-36-18-7-9-23-47(36)55-52(39)50)54(51(42)49)44-27-24-38-35-17-5-4-16-34(35)37-20-11-21-40(44)48(37)38/h1-30H. The fourth-order valence-corrected chi connectivity index (χ4v) is 9.79. The molecule has 0 radical (unpaired) electrons. The first-order valence-electron chi connectivity index (χ1n) is 18.9. The number of fused-ring (bicyclic) bond motifs is 14. The molecule has 9 aromatic carbocycles. The van der Waals surface area contributed by atoms with Crippen molar-refractivity contribution in [3.8, 4) is 44.8 Å². The quantitative estimate of drug-likeness (QED) is 0.180. The number of benzene rings is 9. The van der Waals surface area contributed by atoms with Gasteiger partial charge in [-0.1, -0.05) is 127 Å². The third kappa shape index (κ3) is 3.79. The maximum atomic E-state index is 6.81. The second-order valence-corrected chi connectivity index (χ2v) is 14.8. The van der Waals surface area contributed by atoms with Crippen molar-refractivity contribution in [3.63, 3.8) is 0 Å². The largest absolute Gasteiger partial charge is 0.455 e. The van der Waals surface area contributed by atoms with Crippen LogP contribution in [0.2, 0.25) is 0 Å². The molecule has 1 aliphatic rings. The monoisotopic (exact) mass is 698 g/mol. The zero-order valence-corrected chi connectivity index (χ0v) is 29.6. The van der Waals surface area contributed by atoms with Crippen LogP contribution in [-0.2, 0) is 0 Å². The van der Waals surface area contributed by atoms with Crippen LogP contribution in [0.1, 0.15) is 0 Å². The summed E-state index contributed by atoms with van der Waals surface area (Å²) < 4.78 is 11.8. The van der Waals surface area contributed by atoms with Gasteiger partial charge in [-0.05, 0) is 93.4 Å². The molecule has 0 fully saturated rings. The molecule has 1 aliphatic carbocycles. The lowest BCUT2D eigenvalue weighted by Crippen LogP contribution is -1.97. The molecule has 0 N–H and O–H groups in total. The van der Waals surface area contributed by atoms with Crippen LogP contribution >= 0.6 is 0 Å². The number of nitrogens with zero attached hydrogens (tertiary/aromatic N) is 2. The summed E-state index contributed by atoms with van der Waals surface area (Å²) in [4.78, 5) is 0. The van der Waals surface area contributed by atoms with Crippen molar-refractivity contribution in [2.24, 2.45) is 0 Å². The van der Waals surface area contributed by atoms with E-state index in [1.165, 1.54) is 82.5 Å². The minimum Gasteiger partial charge on any atom is -0.455 e. The second-order valence-electron chi connectivity index (χ2n) is 14.8. The van der Waals surface area contributed by atoms with Crippen molar-refractivity contribution in [3.05, 3.63) is 182 Å². The predicted molar refractivity (Wildman–Crippen MR) is 230 cm³/mol. The molecule has 0 bridgehead atoms. The summed E-state index contributed by atoms with van der Waals surface area (Å²) in [6, 6.07) is 66.4. The van der Waals surface area contributed by atoms with Crippen molar-refractivity contribution in [2.45, 2.75) is 0 Å². The first-order valence-corrected chi connectivity index (χ1v) is 18.9. The van der Waals surface area contributed by atoms with Gasteiger partial charge in [0, 0.05) is 38.0 Å². The highest BCUT2D eigenvalue weighted by atomic mass is 16.3. The van der Waals surface area contributed by atoms with E-state index in [-0.39, 0.29) is 0 Å². The molecule has 0 saturated carbocycles. The highest BCUT2D eigenvalue weighted by molar-refractivity contribution is 6.31. The van der Waals surface area contributed by atoms with E-state index >= 15 is 0 Å². The summed E-state index contributed by atoms with van der Waals surface area (Å²) in [5.74, 6) is 0. The average Bonchev–Trinajstić information content (AvgIpc) is 3.99. The van der Waals surface area contributed by atoms with E-state index < -0.39 is 0 Å². The number of para-hydroxylation sites is 2. The molecule has 0 atom stereocenters. The molecule has 3 heterocycles. The summed E-state index contributed by atoms with van der Waals surface area (Å²) in [5.41, 5.74) is 16.4. The third-order valence-electron chi connectivity index (χ3n) is 12.0. The lowest BCUT2D eigenvalue weighted by Gasteiger charge is -2.14. The molecule has 55 heavy (non-hydrogen) atoms. The summed E-state index contributed by atoms with van der Waals surface area (Å²) >= 11 is 0. The molecule has 12 aromatic rings. The van der Waals surface area contributed by atoms with Crippen LogP contribution in [-0.4, -0.2) is 9.13 Å². The fraction of sp³-hybridized carbons (Fsp3) is 0. The number of aromatic nitrogens is 2. The van der Waals surface area contributed by atoms with Gasteiger partial charge in [-0.25, -0.2) is 0 Å². The Bertz CT molecular complexity index is 3570. The maximum Gasteiger partial charge on any atom is 0.145 e. The zero-order valence-electron chi connectivity index (χ0n) is 29.6. The Morgan fingerprint density at radius 2 is 1.00 bits per heavy atom. The molecule has 0 saturated heterocycles. The molecule has 3 nitrogen and oxygen atoms in total. The molecule has 0 aliphatic heterocycles. The Morgan fingerprint density at radius 3 is 1.87 bits per heavy atom. The third-order valence-corrected chi connectivity index (χ3v) is 12.0. The number of hydrogen-bond acceptors (Lipinski definition) is 1.